The lowest BCUT2D eigenvalue weighted by Crippen LogP contribution is -2.13. The summed E-state index contributed by atoms with van der Waals surface area (Å²) in [6.45, 7) is 4.15. The highest BCUT2D eigenvalue weighted by Gasteiger charge is 2.14. The SMILES string of the molecule is CNc1ccc(S(=O)(=O)Nc2cccc(C(C)C)c2)cc1. The number of sulfonamides is 1. The highest BCUT2D eigenvalue weighted by molar-refractivity contribution is 7.92. The van der Waals surface area contributed by atoms with E-state index in [-0.39, 0.29) is 4.90 Å². The summed E-state index contributed by atoms with van der Waals surface area (Å²) in [7, 11) is -1.77. The van der Waals surface area contributed by atoms with E-state index in [4.69, 9.17) is 0 Å². The molecule has 0 unspecified atom stereocenters. The van der Waals surface area contributed by atoms with Gasteiger partial charge in [0.25, 0.3) is 10.0 Å². The zero-order chi connectivity index (χ0) is 15.5. The summed E-state index contributed by atoms with van der Waals surface area (Å²) in [6.07, 6.45) is 0. The molecule has 4 nitrogen and oxygen atoms in total. The van der Waals surface area contributed by atoms with Crippen molar-refractivity contribution in [2.45, 2.75) is 24.7 Å². The van der Waals surface area contributed by atoms with Gasteiger partial charge in [0.05, 0.1) is 4.90 Å². The summed E-state index contributed by atoms with van der Waals surface area (Å²) in [4.78, 5) is 0.247. The smallest absolute Gasteiger partial charge is 0.261 e. The minimum absolute atomic E-state index is 0.247. The molecule has 0 bridgehead atoms. The van der Waals surface area contributed by atoms with Crippen molar-refractivity contribution in [1.29, 1.82) is 0 Å². The molecule has 0 spiro atoms. The second kappa shape index (κ2) is 6.18. The first-order valence-electron chi connectivity index (χ1n) is 6.83. The number of hydrogen-bond acceptors (Lipinski definition) is 3. The third-order valence-corrected chi connectivity index (χ3v) is 4.66. The Morgan fingerprint density at radius 3 is 2.19 bits per heavy atom. The maximum atomic E-state index is 12.4. The van der Waals surface area contributed by atoms with Crippen LogP contribution in [0.5, 0.6) is 0 Å². The van der Waals surface area contributed by atoms with Gasteiger partial charge in [-0.15, -0.1) is 0 Å². The van der Waals surface area contributed by atoms with Gasteiger partial charge >= 0.3 is 0 Å². The number of benzene rings is 2. The number of hydrogen-bond donors (Lipinski definition) is 2. The molecule has 112 valence electrons. The van der Waals surface area contributed by atoms with Crippen LogP contribution in [0.2, 0.25) is 0 Å². The average molecular weight is 304 g/mol. The van der Waals surface area contributed by atoms with E-state index in [1.54, 1.807) is 37.4 Å². The molecule has 0 aliphatic rings. The van der Waals surface area contributed by atoms with E-state index in [0.717, 1.165) is 11.3 Å². The van der Waals surface area contributed by atoms with Crippen LogP contribution < -0.4 is 10.0 Å². The molecule has 0 atom stereocenters. The van der Waals surface area contributed by atoms with Crippen LogP contribution in [0.4, 0.5) is 11.4 Å². The van der Waals surface area contributed by atoms with Crippen molar-refractivity contribution in [1.82, 2.24) is 0 Å². The highest BCUT2D eigenvalue weighted by Crippen LogP contribution is 2.22. The maximum absolute atomic E-state index is 12.4. The molecule has 0 heterocycles. The molecule has 21 heavy (non-hydrogen) atoms. The standard InChI is InChI=1S/C16H20N2O2S/c1-12(2)13-5-4-6-15(11-13)18-21(19,20)16-9-7-14(17-3)8-10-16/h4-12,17-18H,1-3H3. The van der Waals surface area contributed by atoms with E-state index >= 15 is 0 Å². The van der Waals surface area contributed by atoms with Crippen LogP contribution in [0.1, 0.15) is 25.3 Å². The van der Waals surface area contributed by atoms with Gasteiger partial charge in [-0.2, -0.15) is 0 Å². The van der Waals surface area contributed by atoms with Gasteiger partial charge in [0.1, 0.15) is 0 Å². The lowest BCUT2D eigenvalue weighted by atomic mass is 10.0. The van der Waals surface area contributed by atoms with Gasteiger partial charge in [0.2, 0.25) is 0 Å². The molecule has 0 aliphatic heterocycles. The van der Waals surface area contributed by atoms with Crippen molar-refractivity contribution in [3.63, 3.8) is 0 Å². The first kappa shape index (κ1) is 15.4. The molecular formula is C16H20N2O2S. The van der Waals surface area contributed by atoms with Crippen LogP contribution in [0, 0.1) is 0 Å². The predicted molar refractivity (Wildman–Crippen MR) is 87.3 cm³/mol. The Hall–Kier alpha value is -2.01. The Morgan fingerprint density at radius 2 is 1.62 bits per heavy atom. The quantitative estimate of drug-likeness (QED) is 0.886. The van der Waals surface area contributed by atoms with Gasteiger partial charge in [0.15, 0.2) is 0 Å². The van der Waals surface area contributed by atoms with Crippen LogP contribution in [-0.2, 0) is 10.0 Å². The first-order chi connectivity index (χ1) is 9.92. The van der Waals surface area contributed by atoms with Crippen LogP contribution >= 0.6 is 0 Å². The molecule has 2 aromatic carbocycles. The third kappa shape index (κ3) is 3.76. The Bertz CT molecular complexity index is 707. The molecule has 0 saturated carbocycles. The van der Waals surface area contributed by atoms with Gasteiger partial charge in [-0.25, -0.2) is 8.42 Å². The van der Waals surface area contributed by atoms with Crippen LogP contribution in [-0.4, -0.2) is 15.5 Å². The molecule has 0 aromatic heterocycles. The Balaban J connectivity index is 2.26. The summed E-state index contributed by atoms with van der Waals surface area (Å²) < 4.78 is 27.3. The molecule has 2 aromatic rings. The van der Waals surface area contributed by atoms with Crippen molar-refractivity contribution in [2.24, 2.45) is 0 Å². The summed E-state index contributed by atoms with van der Waals surface area (Å²) in [5.74, 6) is 0.351. The van der Waals surface area contributed by atoms with Crippen molar-refractivity contribution in [3.8, 4) is 0 Å². The van der Waals surface area contributed by atoms with Crippen molar-refractivity contribution in [2.75, 3.05) is 17.1 Å². The average Bonchev–Trinajstić information content (AvgIpc) is 2.47. The van der Waals surface area contributed by atoms with Crippen LogP contribution in [0.3, 0.4) is 0 Å². The lowest BCUT2D eigenvalue weighted by Gasteiger charge is -2.11. The summed E-state index contributed by atoms with van der Waals surface area (Å²) in [5, 5.41) is 2.96. The zero-order valence-corrected chi connectivity index (χ0v) is 13.2. The Morgan fingerprint density at radius 1 is 0.952 bits per heavy atom. The summed E-state index contributed by atoms with van der Waals surface area (Å²) >= 11 is 0. The monoisotopic (exact) mass is 304 g/mol. The molecule has 0 amide bonds. The van der Waals surface area contributed by atoms with E-state index in [0.29, 0.717) is 11.6 Å². The van der Waals surface area contributed by atoms with Gasteiger partial charge < -0.3 is 5.32 Å². The molecular weight excluding hydrogens is 284 g/mol. The highest BCUT2D eigenvalue weighted by atomic mass is 32.2. The molecule has 0 saturated heterocycles. The van der Waals surface area contributed by atoms with Crippen molar-refractivity contribution >= 4 is 21.4 Å². The van der Waals surface area contributed by atoms with Gasteiger partial charge in [-0.05, 0) is 47.9 Å². The Kier molecular flexibility index (Phi) is 4.53. The number of rotatable bonds is 5. The molecule has 2 rings (SSSR count). The van der Waals surface area contributed by atoms with Crippen molar-refractivity contribution in [3.05, 3.63) is 54.1 Å². The van der Waals surface area contributed by atoms with Gasteiger partial charge in [0, 0.05) is 18.4 Å². The van der Waals surface area contributed by atoms with Crippen LogP contribution in [0.15, 0.2) is 53.4 Å². The second-order valence-electron chi connectivity index (χ2n) is 5.16. The third-order valence-electron chi connectivity index (χ3n) is 3.26. The van der Waals surface area contributed by atoms with E-state index in [1.807, 2.05) is 18.2 Å². The molecule has 0 aliphatic carbocycles. The summed E-state index contributed by atoms with van der Waals surface area (Å²) in [6, 6.07) is 14.1. The van der Waals surface area contributed by atoms with E-state index in [9.17, 15) is 8.42 Å². The fraction of sp³-hybridized carbons (Fsp3) is 0.250. The van der Waals surface area contributed by atoms with E-state index in [2.05, 4.69) is 23.9 Å². The zero-order valence-electron chi connectivity index (χ0n) is 12.4. The minimum atomic E-state index is -3.56. The summed E-state index contributed by atoms with van der Waals surface area (Å²) in [5.41, 5.74) is 2.55. The minimum Gasteiger partial charge on any atom is -0.388 e. The normalized spacial score (nSPS) is 11.4. The molecule has 0 fully saturated rings. The second-order valence-corrected chi connectivity index (χ2v) is 6.84. The van der Waals surface area contributed by atoms with E-state index in [1.165, 1.54) is 0 Å². The van der Waals surface area contributed by atoms with Crippen LogP contribution in [0.25, 0.3) is 0 Å². The topological polar surface area (TPSA) is 58.2 Å². The lowest BCUT2D eigenvalue weighted by molar-refractivity contribution is 0.601. The molecule has 2 N–H and O–H groups in total. The Labute approximate surface area is 126 Å². The van der Waals surface area contributed by atoms with Gasteiger partial charge in [-0.3, -0.25) is 4.72 Å². The van der Waals surface area contributed by atoms with Gasteiger partial charge in [-0.1, -0.05) is 26.0 Å². The molecule has 0 radical (unpaired) electrons. The first-order valence-corrected chi connectivity index (χ1v) is 8.31. The fourth-order valence-corrected chi connectivity index (χ4v) is 3.03. The van der Waals surface area contributed by atoms with Crippen molar-refractivity contribution < 1.29 is 8.42 Å². The van der Waals surface area contributed by atoms with E-state index < -0.39 is 10.0 Å². The number of anilines is 2. The fourth-order valence-electron chi connectivity index (χ4n) is 1.98. The predicted octanol–water partition coefficient (Wildman–Crippen LogP) is 3.65. The largest absolute Gasteiger partial charge is 0.388 e. The molecule has 5 heteroatoms. The number of nitrogens with one attached hydrogen (secondary N) is 2. The maximum Gasteiger partial charge on any atom is 0.261 e.